The Hall–Kier alpha value is -2.53. The first-order valence-electron chi connectivity index (χ1n) is 7.45. The minimum Gasteiger partial charge on any atom is -0.497 e. The van der Waals surface area contributed by atoms with Gasteiger partial charge in [-0.05, 0) is 48.5 Å². The lowest BCUT2D eigenvalue weighted by atomic mass is 10.2. The van der Waals surface area contributed by atoms with E-state index in [9.17, 15) is 4.79 Å². The summed E-state index contributed by atoms with van der Waals surface area (Å²) in [5.41, 5.74) is 0.471. The van der Waals surface area contributed by atoms with Gasteiger partial charge in [0.2, 0.25) is 0 Å². The zero-order valence-corrected chi connectivity index (χ0v) is 12.9. The highest BCUT2D eigenvalue weighted by molar-refractivity contribution is 5.91. The molecule has 0 bridgehead atoms. The van der Waals surface area contributed by atoms with E-state index < -0.39 is 5.97 Å². The van der Waals surface area contributed by atoms with Gasteiger partial charge in [-0.25, -0.2) is 4.79 Å². The molecule has 2 aromatic rings. The van der Waals surface area contributed by atoms with Crippen LogP contribution in [0, 0.1) is 0 Å². The highest BCUT2D eigenvalue weighted by atomic mass is 16.6. The minimum absolute atomic E-state index is 0.355. The minimum atomic E-state index is -0.409. The van der Waals surface area contributed by atoms with Crippen molar-refractivity contribution in [2.24, 2.45) is 0 Å². The van der Waals surface area contributed by atoms with Crippen molar-refractivity contribution in [1.29, 1.82) is 0 Å². The van der Waals surface area contributed by atoms with Gasteiger partial charge >= 0.3 is 5.97 Å². The van der Waals surface area contributed by atoms with Crippen LogP contribution in [0.2, 0.25) is 0 Å². The van der Waals surface area contributed by atoms with Crippen LogP contribution < -0.4 is 14.2 Å². The van der Waals surface area contributed by atoms with Crippen molar-refractivity contribution in [2.75, 3.05) is 20.3 Å². The molecule has 0 amide bonds. The standard InChI is InChI=1S/C18H18O5/c1-20-14-6-8-16(9-7-14)23-18(19)13-2-4-15(5-3-13)21-11-10-17-12-22-17/h2-9,17H,10-12H2,1H3. The van der Waals surface area contributed by atoms with E-state index in [1.807, 2.05) is 0 Å². The fourth-order valence-corrected chi connectivity index (χ4v) is 2.04. The number of benzene rings is 2. The first-order valence-corrected chi connectivity index (χ1v) is 7.45. The Balaban J connectivity index is 1.53. The van der Waals surface area contributed by atoms with Crippen LogP contribution >= 0.6 is 0 Å². The fraction of sp³-hybridized carbons (Fsp3) is 0.278. The van der Waals surface area contributed by atoms with Crippen molar-refractivity contribution in [3.63, 3.8) is 0 Å². The van der Waals surface area contributed by atoms with Gasteiger partial charge in [-0.1, -0.05) is 0 Å². The van der Waals surface area contributed by atoms with Gasteiger partial charge in [0.1, 0.15) is 17.2 Å². The molecule has 23 heavy (non-hydrogen) atoms. The van der Waals surface area contributed by atoms with Gasteiger partial charge in [0.05, 0.1) is 32.0 Å². The van der Waals surface area contributed by atoms with Crippen LogP contribution in [0.1, 0.15) is 16.8 Å². The van der Waals surface area contributed by atoms with Crippen LogP contribution in [0.5, 0.6) is 17.2 Å². The second kappa shape index (κ2) is 7.15. The maximum atomic E-state index is 12.1. The first kappa shape index (κ1) is 15.4. The molecule has 5 heteroatoms. The average Bonchev–Trinajstić information content (AvgIpc) is 3.40. The van der Waals surface area contributed by atoms with E-state index in [1.165, 1.54) is 0 Å². The number of rotatable bonds is 7. The van der Waals surface area contributed by atoms with Gasteiger partial charge in [0, 0.05) is 6.42 Å². The maximum absolute atomic E-state index is 12.1. The van der Waals surface area contributed by atoms with Gasteiger partial charge in [-0.15, -0.1) is 0 Å². The summed E-state index contributed by atoms with van der Waals surface area (Å²) in [4.78, 5) is 12.1. The molecule has 1 atom stereocenters. The number of carbonyl (C=O) groups is 1. The Bertz CT molecular complexity index is 644. The van der Waals surface area contributed by atoms with E-state index in [2.05, 4.69) is 0 Å². The highest BCUT2D eigenvalue weighted by Crippen LogP contribution is 2.20. The molecule has 0 N–H and O–H groups in total. The van der Waals surface area contributed by atoms with Gasteiger partial charge in [-0.3, -0.25) is 0 Å². The number of esters is 1. The van der Waals surface area contributed by atoms with E-state index >= 15 is 0 Å². The normalized spacial score (nSPS) is 15.8. The van der Waals surface area contributed by atoms with E-state index in [0.29, 0.717) is 29.8 Å². The smallest absolute Gasteiger partial charge is 0.343 e. The summed E-state index contributed by atoms with van der Waals surface area (Å²) in [5.74, 6) is 1.50. The topological polar surface area (TPSA) is 57.3 Å². The third-order valence-electron chi connectivity index (χ3n) is 3.47. The first-order chi connectivity index (χ1) is 11.2. The largest absolute Gasteiger partial charge is 0.497 e. The molecule has 3 rings (SSSR count). The molecule has 0 spiro atoms. The second-order valence-corrected chi connectivity index (χ2v) is 5.18. The summed E-state index contributed by atoms with van der Waals surface area (Å²) in [6.07, 6.45) is 1.25. The predicted molar refractivity (Wildman–Crippen MR) is 84.2 cm³/mol. The van der Waals surface area contributed by atoms with Crippen LogP contribution in [0.3, 0.4) is 0 Å². The summed E-state index contributed by atoms with van der Waals surface area (Å²) in [5, 5.41) is 0. The van der Waals surface area contributed by atoms with E-state index in [0.717, 1.165) is 18.8 Å². The maximum Gasteiger partial charge on any atom is 0.343 e. The molecular formula is C18H18O5. The molecule has 5 nitrogen and oxygen atoms in total. The number of ether oxygens (including phenoxy) is 4. The molecule has 120 valence electrons. The van der Waals surface area contributed by atoms with Crippen LogP contribution in [0.4, 0.5) is 0 Å². The Kier molecular flexibility index (Phi) is 4.78. The summed E-state index contributed by atoms with van der Waals surface area (Å²) in [6.45, 7) is 1.44. The average molecular weight is 314 g/mol. The molecule has 1 unspecified atom stereocenters. The molecule has 2 aromatic carbocycles. The zero-order chi connectivity index (χ0) is 16.1. The lowest BCUT2D eigenvalue weighted by molar-refractivity contribution is 0.0734. The van der Waals surface area contributed by atoms with Gasteiger partial charge < -0.3 is 18.9 Å². The zero-order valence-electron chi connectivity index (χ0n) is 12.9. The van der Waals surface area contributed by atoms with Crippen molar-refractivity contribution in [1.82, 2.24) is 0 Å². The van der Waals surface area contributed by atoms with Gasteiger partial charge in [-0.2, -0.15) is 0 Å². The molecule has 0 aromatic heterocycles. The third kappa shape index (κ3) is 4.47. The van der Waals surface area contributed by atoms with Gasteiger partial charge in [0.15, 0.2) is 0 Å². The Morgan fingerprint density at radius 1 is 1.04 bits per heavy atom. The van der Waals surface area contributed by atoms with Gasteiger partial charge in [0.25, 0.3) is 0 Å². The van der Waals surface area contributed by atoms with Crippen molar-refractivity contribution in [3.8, 4) is 17.2 Å². The molecule has 1 aliphatic rings. The van der Waals surface area contributed by atoms with E-state index in [4.69, 9.17) is 18.9 Å². The Morgan fingerprint density at radius 3 is 2.26 bits per heavy atom. The molecule has 1 fully saturated rings. The second-order valence-electron chi connectivity index (χ2n) is 5.18. The molecule has 0 radical (unpaired) electrons. The number of hydrogen-bond donors (Lipinski definition) is 0. The lowest BCUT2D eigenvalue weighted by Gasteiger charge is -2.07. The number of carbonyl (C=O) groups excluding carboxylic acids is 1. The number of methoxy groups -OCH3 is 1. The van der Waals surface area contributed by atoms with Crippen molar-refractivity contribution < 1.29 is 23.7 Å². The van der Waals surface area contributed by atoms with E-state index in [1.54, 1.807) is 55.6 Å². The molecule has 1 aliphatic heterocycles. The summed E-state index contributed by atoms with van der Waals surface area (Å²) in [7, 11) is 1.59. The molecule has 1 heterocycles. The highest BCUT2D eigenvalue weighted by Gasteiger charge is 2.21. The van der Waals surface area contributed by atoms with E-state index in [-0.39, 0.29) is 0 Å². The number of hydrogen-bond acceptors (Lipinski definition) is 5. The molecule has 0 saturated carbocycles. The molecular weight excluding hydrogens is 296 g/mol. The third-order valence-corrected chi connectivity index (χ3v) is 3.47. The molecule has 1 saturated heterocycles. The van der Waals surface area contributed by atoms with Crippen molar-refractivity contribution in [2.45, 2.75) is 12.5 Å². The Labute approximate surface area is 134 Å². The summed E-state index contributed by atoms with van der Waals surface area (Å²) >= 11 is 0. The Morgan fingerprint density at radius 2 is 1.65 bits per heavy atom. The summed E-state index contributed by atoms with van der Waals surface area (Å²) < 4.78 is 21.1. The SMILES string of the molecule is COc1ccc(OC(=O)c2ccc(OCCC3CO3)cc2)cc1. The quantitative estimate of drug-likeness (QED) is 0.446. The molecule has 0 aliphatic carbocycles. The van der Waals surface area contributed by atoms with Crippen molar-refractivity contribution >= 4 is 5.97 Å². The van der Waals surface area contributed by atoms with Crippen LogP contribution in [0.25, 0.3) is 0 Å². The lowest BCUT2D eigenvalue weighted by Crippen LogP contribution is -2.08. The van der Waals surface area contributed by atoms with Crippen LogP contribution in [-0.2, 0) is 4.74 Å². The van der Waals surface area contributed by atoms with Crippen molar-refractivity contribution in [3.05, 3.63) is 54.1 Å². The number of epoxide rings is 1. The monoisotopic (exact) mass is 314 g/mol. The predicted octanol–water partition coefficient (Wildman–Crippen LogP) is 3.08. The summed E-state index contributed by atoms with van der Waals surface area (Å²) in [6, 6.07) is 13.8. The van der Waals surface area contributed by atoms with Crippen LogP contribution in [0.15, 0.2) is 48.5 Å². The van der Waals surface area contributed by atoms with Crippen LogP contribution in [-0.4, -0.2) is 32.4 Å². The fourth-order valence-electron chi connectivity index (χ4n) is 2.04.